The number of hydrogen-bond donors (Lipinski definition) is 1. The standard InChI is InChI=1S/C22H19Cl2N5O/c1-2-11-29-22(26-27-28-29)25-13-19-18-6-4-3-5-15(18)8-10-21(19)30-14-16-7-9-17(23)12-20(16)24/h2-10,12H,1,11,13-14H2,(H,25,26,28). The quantitative estimate of drug-likeness (QED) is 0.366. The van der Waals surface area contributed by atoms with Gasteiger partial charge in [0.05, 0.1) is 6.54 Å². The van der Waals surface area contributed by atoms with E-state index in [2.05, 4.69) is 39.6 Å². The molecular weight excluding hydrogens is 421 g/mol. The molecule has 0 aliphatic carbocycles. The number of benzene rings is 3. The van der Waals surface area contributed by atoms with Gasteiger partial charge in [-0.05, 0) is 39.4 Å². The summed E-state index contributed by atoms with van der Waals surface area (Å²) in [5.41, 5.74) is 1.87. The van der Waals surface area contributed by atoms with E-state index in [-0.39, 0.29) is 0 Å². The Labute approximate surface area is 184 Å². The Morgan fingerprint density at radius 2 is 1.97 bits per heavy atom. The van der Waals surface area contributed by atoms with Gasteiger partial charge in [0.25, 0.3) is 0 Å². The minimum absolute atomic E-state index is 0.329. The van der Waals surface area contributed by atoms with Crippen molar-refractivity contribution < 1.29 is 4.74 Å². The third-order valence-electron chi connectivity index (χ3n) is 4.65. The van der Waals surface area contributed by atoms with Crippen LogP contribution in [0.1, 0.15) is 11.1 Å². The topological polar surface area (TPSA) is 64.9 Å². The number of allylic oxidation sites excluding steroid dienone is 1. The van der Waals surface area contributed by atoms with Gasteiger partial charge in [-0.1, -0.05) is 70.8 Å². The Bertz CT molecular complexity index is 1190. The second kappa shape index (κ2) is 9.15. The molecule has 0 saturated carbocycles. The smallest absolute Gasteiger partial charge is 0.243 e. The summed E-state index contributed by atoms with van der Waals surface area (Å²) in [5.74, 6) is 1.32. The van der Waals surface area contributed by atoms with Crippen LogP contribution < -0.4 is 10.1 Å². The predicted molar refractivity (Wildman–Crippen MR) is 120 cm³/mol. The van der Waals surface area contributed by atoms with E-state index < -0.39 is 0 Å². The van der Waals surface area contributed by atoms with E-state index in [0.717, 1.165) is 27.6 Å². The second-order valence-electron chi connectivity index (χ2n) is 6.61. The second-order valence-corrected chi connectivity index (χ2v) is 7.46. The van der Waals surface area contributed by atoms with Gasteiger partial charge in [0.2, 0.25) is 5.95 Å². The molecule has 4 rings (SSSR count). The number of halogens is 2. The van der Waals surface area contributed by atoms with Gasteiger partial charge < -0.3 is 10.1 Å². The van der Waals surface area contributed by atoms with Crippen LogP contribution in [-0.2, 0) is 19.7 Å². The molecule has 0 saturated heterocycles. The number of ether oxygens (including phenoxy) is 1. The van der Waals surface area contributed by atoms with Crippen LogP contribution in [0.2, 0.25) is 10.0 Å². The lowest BCUT2D eigenvalue weighted by Gasteiger charge is -2.16. The normalized spacial score (nSPS) is 10.9. The Balaban J connectivity index is 1.62. The zero-order valence-corrected chi connectivity index (χ0v) is 17.6. The number of tetrazole rings is 1. The molecule has 0 aliphatic heterocycles. The van der Waals surface area contributed by atoms with E-state index in [0.29, 0.717) is 35.7 Å². The summed E-state index contributed by atoms with van der Waals surface area (Å²) in [6, 6.07) is 17.5. The number of aromatic nitrogens is 4. The van der Waals surface area contributed by atoms with Crippen LogP contribution >= 0.6 is 23.2 Å². The van der Waals surface area contributed by atoms with Crippen molar-refractivity contribution in [2.75, 3.05) is 5.32 Å². The van der Waals surface area contributed by atoms with E-state index >= 15 is 0 Å². The zero-order valence-electron chi connectivity index (χ0n) is 16.1. The highest BCUT2D eigenvalue weighted by Crippen LogP contribution is 2.30. The van der Waals surface area contributed by atoms with E-state index in [1.807, 2.05) is 30.3 Å². The van der Waals surface area contributed by atoms with E-state index in [4.69, 9.17) is 27.9 Å². The maximum atomic E-state index is 6.30. The molecule has 0 spiro atoms. The summed E-state index contributed by atoms with van der Waals surface area (Å²) in [7, 11) is 0. The highest BCUT2D eigenvalue weighted by molar-refractivity contribution is 6.35. The minimum Gasteiger partial charge on any atom is -0.488 e. The van der Waals surface area contributed by atoms with Crippen molar-refractivity contribution in [3.05, 3.63) is 88.4 Å². The van der Waals surface area contributed by atoms with Crippen LogP contribution in [-0.4, -0.2) is 20.2 Å². The van der Waals surface area contributed by atoms with E-state index in [1.54, 1.807) is 22.9 Å². The van der Waals surface area contributed by atoms with Crippen LogP contribution in [0.15, 0.2) is 67.3 Å². The van der Waals surface area contributed by atoms with Crippen LogP contribution in [0.5, 0.6) is 5.75 Å². The van der Waals surface area contributed by atoms with Gasteiger partial charge in [-0.15, -0.1) is 6.58 Å². The predicted octanol–water partition coefficient (Wildman–Crippen LogP) is 5.51. The van der Waals surface area contributed by atoms with Gasteiger partial charge in [-0.25, -0.2) is 4.68 Å². The Morgan fingerprint density at radius 3 is 2.80 bits per heavy atom. The molecule has 1 aromatic heterocycles. The summed E-state index contributed by atoms with van der Waals surface area (Å²) in [4.78, 5) is 0. The molecule has 152 valence electrons. The third kappa shape index (κ3) is 4.40. The Kier molecular flexibility index (Phi) is 6.16. The highest BCUT2D eigenvalue weighted by atomic mass is 35.5. The summed E-state index contributed by atoms with van der Waals surface area (Å²) in [6.07, 6.45) is 1.74. The average Bonchev–Trinajstić information content (AvgIpc) is 3.19. The van der Waals surface area contributed by atoms with Crippen molar-refractivity contribution in [1.29, 1.82) is 0 Å². The molecule has 0 aliphatic rings. The monoisotopic (exact) mass is 439 g/mol. The van der Waals surface area contributed by atoms with Crippen molar-refractivity contribution in [3.8, 4) is 5.75 Å². The third-order valence-corrected chi connectivity index (χ3v) is 5.24. The van der Waals surface area contributed by atoms with Crippen LogP contribution in [0, 0.1) is 0 Å². The largest absolute Gasteiger partial charge is 0.488 e. The van der Waals surface area contributed by atoms with Gasteiger partial charge in [0, 0.05) is 27.7 Å². The maximum Gasteiger partial charge on any atom is 0.243 e. The molecule has 30 heavy (non-hydrogen) atoms. The van der Waals surface area contributed by atoms with Crippen molar-refractivity contribution in [2.45, 2.75) is 19.7 Å². The molecule has 6 nitrogen and oxygen atoms in total. The molecule has 0 radical (unpaired) electrons. The van der Waals surface area contributed by atoms with Crippen molar-refractivity contribution in [3.63, 3.8) is 0 Å². The number of fused-ring (bicyclic) bond motifs is 1. The summed E-state index contributed by atoms with van der Waals surface area (Å²) < 4.78 is 7.80. The number of hydrogen-bond acceptors (Lipinski definition) is 5. The molecule has 0 bridgehead atoms. The van der Waals surface area contributed by atoms with Crippen molar-refractivity contribution >= 4 is 39.9 Å². The molecule has 0 fully saturated rings. The molecule has 0 amide bonds. The lowest BCUT2D eigenvalue weighted by molar-refractivity contribution is 0.304. The van der Waals surface area contributed by atoms with Crippen LogP contribution in [0.4, 0.5) is 5.95 Å². The molecule has 0 unspecified atom stereocenters. The SMILES string of the molecule is C=CCn1nnnc1NCc1c(OCc2ccc(Cl)cc2Cl)ccc2ccccc12. The molecule has 1 N–H and O–H groups in total. The first-order chi connectivity index (χ1) is 14.7. The van der Waals surface area contributed by atoms with E-state index in [1.165, 1.54) is 0 Å². The molecule has 8 heteroatoms. The maximum absolute atomic E-state index is 6.30. The fourth-order valence-corrected chi connectivity index (χ4v) is 3.63. The van der Waals surface area contributed by atoms with Crippen LogP contribution in [0.25, 0.3) is 10.8 Å². The summed E-state index contributed by atoms with van der Waals surface area (Å²) in [5, 5.41) is 18.4. The van der Waals surface area contributed by atoms with E-state index in [9.17, 15) is 0 Å². The minimum atomic E-state index is 0.329. The first-order valence-corrected chi connectivity index (χ1v) is 10.1. The van der Waals surface area contributed by atoms with Gasteiger partial charge in [-0.3, -0.25) is 0 Å². The Hall–Kier alpha value is -3.09. The number of nitrogens with zero attached hydrogens (tertiary/aromatic N) is 4. The van der Waals surface area contributed by atoms with Crippen molar-refractivity contribution in [2.24, 2.45) is 0 Å². The lowest BCUT2D eigenvalue weighted by Crippen LogP contribution is -2.10. The fraction of sp³-hybridized carbons (Fsp3) is 0.136. The molecular formula is C22H19Cl2N5O. The average molecular weight is 440 g/mol. The summed E-state index contributed by atoms with van der Waals surface area (Å²) >= 11 is 12.3. The van der Waals surface area contributed by atoms with Gasteiger partial charge in [0.1, 0.15) is 12.4 Å². The van der Waals surface area contributed by atoms with Gasteiger partial charge in [-0.2, -0.15) is 0 Å². The van der Waals surface area contributed by atoms with Gasteiger partial charge in [0.15, 0.2) is 0 Å². The number of anilines is 1. The zero-order chi connectivity index (χ0) is 20.9. The molecule has 4 aromatic rings. The Morgan fingerprint density at radius 1 is 1.10 bits per heavy atom. The fourth-order valence-electron chi connectivity index (χ4n) is 3.17. The van der Waals surface area contributed by atoms with Crippen molar-refractivity contribution in [1.82, 2.24) is 20.2 Å². The number of nitrogens with one attached hydrogen (secondary N) is 1. The summed E-state index contributed by atoms with van der Waals surface area (Å²) in [6.45, 7) is 5.07. The van der Waals surface area contributed by atoms with Crippen LogP contribution in [0.3, 0.4) is 0 Å². The highest BCUT2D eigenvalue weighted by Gasteiger charge is 2.12. The number of rotatable bonds is 8. The molecule has 0 atom stereocenters. The molecule has 1 heterocycles. The first kappa shape index (κ1) is 20.2. The lowest BCUT2D eigenvalue weighted by atomic mass is 10.0. The first-order valence-electron chi connectivity index (χ1n) is 9.34. The molecule has 3 aromatic carbocycles. The van der Waals surface area contributed by atoms with Gasteiger partial charge >= 0.3 is 0 Å².